The molecule has 0 amide bonds. The molecule has 0 radical (unpaired) electrons. The van der Waals surface area contributed by atoms with Crippen LogP contribution in [-0.2, 0) is 6.42 Å². The molecule has 0 bridgehead atoms. The lowest BCUT2D eigenvalue weighted by molar-refractivity contribution is 0.625. The molecule has 2 aromatic carbocycles. The molecule has 0 saturated heterocycles. The number of rotatable bonds is 2. The monoisotopic (exact) mass is 333 g/mol. The summed E-state index contributed by atoms with van der Waals surface area (Å²) in [6.07, 6.45) is 4.71. The van der Waals surface area contributed by atoms with Crippen molar-refractivity contribution in [2.75, 3.05) is 5.32 Å². The van der Waals surface area contributed by atoms with Crippen molar-refractivity contribution in [3.8, 4) is 0 Å². The Morgan fingerprint density at radius 3 is 2.80 bits per heavy atom. The van der Waals surface area contributed by atoms with Gasteiger partial charge in [0.2, 0.25) is 0 Å². The molecule has 0 aromatic heterocycles. The zero-order valence-corrected chi connectivity index (χ0v) is 12.8. The number of fused-ring (bicyclic) bond motifs is 1. The summed E-state index contributed by atoms with van der Waals surface area (Å²) in [5.74, 6) is -0.219. The van der Waals surface area contributed by atoms with Crippen molar-refractivity contribution in [3.63, 3.8) is 0 Å². The van der Waals surface area contributed by atoms with Gasteiger partial charge >= 0.3 is 0 Å². The maximum atomic E-state index is 13.2. The maximum absolute atomic E-state index is 13.2. The highest BCUT2D eigenvalue weighted by atomic mass is 79.9. The summed E-state index contributed by atoms with van der Waals surface area (Å²) in [5, 5.41) is 3.56. The number of hydrogen-bond donors (Lipinski definition) is 1. The summed E-state index contributed by atoms with van der Waals surface area (Å²) < 4.78 is 13.9. The minimum atomic E-state index is -0.219. The molecule has 1 aliphatic carbocycles. The van der Waals surface area contributed by atoms with Crippen LogP contribution in [0.4, 0.5) is 10.1 Å². The minimum Gasteiger partial charge on any atom is -0.377 e. The average molecular weight is 334 g/mol. The van der Waals surface area contributed by atoms with Gasteiger partial charge in [-0.15, -0.1) is 0 Å². The van der Waals surface area contributed by atoms with Crippen molar-refractivity contribution in [2.45, 2.75) is 31.7 Å². The zero-order valence-electron chi connectivity index (χ0n) is 11.2. The Morgan fingerprint density at radius 1 is 1.10 bits per heavy atom. The first-order chi connectivity index (χ1) is 9.74. The molecule has 1 nitrogen and oxygen atoms in total. The topological polar surface area (TPSA) is 12.0 Å². The van der Waals surface area contributed by atoms with E-state index in [2.05, 4.69) is 45.5 Å². The molecule has 0 spiro atoms. The maximum Gasteiger partial charge on any atom is 0.124 e. The van der Waals surface area contributed by atoms with Gasteiger partial charge in [-0.2, -0.15) is 0 Å². The smallest absolute Gasteiger partial charge is 0.124 e. The molecular formula is C17H17BrFN. The number of nitrogens with one attached hydrogen (secondary N) is 1. The molecule has 0 heterocycles. The van der Waals surface area contributed by atoms with Crippen LogP contribution in [0.25, 0.3) is 0 Å². The molecule has 1 N–H and O–H groups in total. The first kappa shape index (κ1) is 13.6. The molecule has 104 valence electrons. The molecule has 20 heavy (non-hydrogen) atoms. The number of hydrogen-bond acceptors (Lipinski definition) is 1. The van der Waals surface area contributed by atoms with Crippen molar-refractivity contribution in [1.82, 2.24) is 0 Å². The van der Waals surface area contributed by atoms with E-state index in [1.807, 2.05) is 0 Å². The Hall–Kier alpha value is -1.35. The van der Waals surface area contributed by atoms with Crippen molar-refractivity contribution < 1.29 is 4.39 Å². The van der Waals surface area contributed by atoms with Crippen molar-refractivity contribution in [1.29, 1.82) is 0 Å². The molecule has 1 atom stereocenters. The third-order valence-corrected chi connectivity index (χ3v) is 4.54. The molecule has 3 rings (SSSR count). The van der Waals surface area contributed by atoms with E-state index in [-0.39, 0.29) is 5.82 Å². The lowest BCUT2D eigenvalue weighted by Crippen LogP contribution is -2.11. The van der Waals surface area contributed by atoms with Gasteiger partial charge in [0.1, 0.15) is 5.82 Å². The lowest BCUT2D eigenvalue weighted by atomic mass is 9.99. The molecule has 0 aliphatic heterocycles. The lowest BCUT2D eigenvalue weighted by Gasteiger charge is -2.21. The molecular weight excluding hydrogens is 317 g/mol. The summed E-state index contributed by atoms with van der Waals surface area (Å²) in [5.41, 5.74) is 3.76. The van der Waals surface area contributed by atoms with Gasteiger partial charge in [-0.1, -0.05) is 30.7 Å². The molecule has 2 aromatic rings. The van der Waals surface area contributed by atoms with Crippen LogP contribution in [0.2, 0.25) is 0 Å². The van der Waals surface area contributed by atoms with E-state index < -0.39 is 0 Å². The van der Waals surface area contributed by atoms with Crippen LogP contribution in [0, 0.1) is 5.82 Å². The highest BCUT2D eigenvalue weighted by Gasteiger charge is 2.18. The second kappa shape index (κ2) is 5.96. The second-order valence-electron chi connectivity index (χ2n) is 5.27. The highest BCUT2D eigenvalue weighted by Crippen LogP contribution is 2.33. The fraction of sp³-hybridized carbons (Fsp3) is 0.294. The fourth-order valence-corrected chi connectivity index (χ4v) is 3.33. The minimum absolute atomic E-state index is 0.219. The van der Waals surface area contributed by atoms with Gasteiger partial charge in [-0.05, 0) is 64.5 Å². The molecule has 1 aliphatic rings. The van der Waals surface area contributed by atoms with E-state index in [1.165, 1.54) is 36.1 Å². The van der Waals surface area contributed by atoms with E-state index in [0.29, 0.717) is 6.04 Å². The summed E-state index contributed by atoms with van der Waals surface area (Å²) in [4.78, 5) is 0. The van der Waals surface area contributed by atoms with E-state index in [0.717, 1.165) is 23.0 Å². The van der Waals surface area contributed by atoms with E-state index in [9.17, 15) is 4.39 Å². The normalized spacial score (nSPS) is 18.2. The van der Waals surface area contributed by atoms with Crippen molar-refractivity contribution >= 4 is 21.6 Å². The Balaban J connectivity index is 1.90. The van der Waals surface area contributed by atoms with Gasteiger partial charge in [-0.25, -0.2) is 4.39 Å². The number of anilines is 1. The highest BCUT2D eigenvalue weighted by molar-refractivity contribution is 9.10. The third-order valence-electron chi connectivity index (χ3n) is 3.88. The van der Waals surface area contributed by atoms with Crippen LogP contribution in [0.15, 0.2) is 46.9 Å². The Bertz CT molecular complexity index is 612. The van der Waals surface area contributed by atoms with Gasteiger partial charge in [0.15, 0.2) is 0 Å². The Kier molecular flexibility index (Phi) is 4.06. The summed E-state index contributed by atoms with van der Waals surface area (Å²) in [6.45, 7) is 0. The van der Waals surface area contributed by atoms with Crippen LogP contribution in [0.3, 0.4) is 0 Å². The van der Waals surface area contributed by atoms with E-state index >= 15 is 0 Å². The second-order valence-corrected chi connectivity index (χ2v) is 6.12. The van der Waals surface area contributed by atoms with Crippen LogP contribution in [0.1, 0.15) is 36.4 Å². The van der Waals surface area contributed by atoms with Crippen LogP contribution in [0.5, 0.6) is 0 Å². The predicted molar refractivity (Wildman–Crippen MR) is 84.5 cm³/mol. The van der Waals surface area contributed by atoms with Gasteiger partial charge in [0, 0.05) is 10.2 Å². The SMILES string of the molecule is Fc1ccc(NC2CCCCc3ccccc32)c(Br)c1. The molecule has 1 unspecified atom stereocenters. The summed E-state index contributed by atoms with van der Waals surface area (Å²) in [6, 6.07) is 13.7. The van der Waals surface area contributed by atoms with E-state index in [1.54, 1.807) is 6.07 Å². The van der Waals surface area contributed by atoms with E-state index in [4.69, 9.17) is 0 Å². The zero-order chi connectivity index (χ0) is 13.9. The fourth-order valence-electron chi connectivity index (χ4n) is 2.87. The number of halogens is 2. The largest absolute Gasteiger partial charge is 0.377 e. The summed E-state index contributed by atoms with van der Waals surface area (Å²) in [7, 11) is 0. The van der Waals surface area contributed by atoms with Crippen molar-refractivity contribution in [2.24, 2.45) is 0 Å². The van der Waals surface area contributed by atoms with Gasteiger partial charge in [0.25, 0.3) is 0 Å². The average Bonchev–Trinajstić information content (AvgIpc) is 2.65. The van der Waals surface area contributed by atoms with Gasteiger partial charge < -0.3 is 5.32 Å². The molecule has 0 saturated carbocycles. The number of benzene rings is 2. The van der Waals surface area contributed by atoms with Crippen molar-refractivity contribution in [3.05, 3.63) is 63.9 Å². The van der Waals surface area contributed by atoms with Crippen LogP contribution >= 0.6 is 15.9 Å². The first-order valence-corrected chi connectivity index (χ1v) is 7.83. The standard InChI is InChI=1S/C17H17BrFN/c18-15-11-13(19)9-10-17(15)20-16-8-4-2-6-12-5-1-3-7-14(12)16/h1,3,5,7,9-11,16,20H,2,4,6,8H2. The Labute approximate surface area is 127 Å². The van der Waals surface area contributed by atoms with Crippen LogP contribution < -0.4 is 5.32 Å². The first-order valence-electron chi connectivity index (χ1n) is 7.03. The van der Waals surface area contributed by atoms with Gasteiger partial charge in [-0.3, -0.25) is 0 Å². The van der Waals surface area contributed by atoms with Gasteiger partial charge in [0.05, 0.1) is 6.04 Å². The summed E-state index contributed by atoms with van der Waals surface area (Å²) >= 11 is 3.43. The molecule has 0 fully saturated rings. The molecule has 3 heteroatoms. The number of aryl methyl sites for hydroxylation is 1. The predicted octanol–water partition coefficient (Wildman–Crippen LogP) is 5.47. The quantitative estimate of drug-likeness (QED) is 0.718. The van der Waals surface area contributed by atoms with Crippen LogP contribution in [-0.4, -0.2) is 0 Å². The third kappa shape index (κ3) is 2.88. The Morgan fingerprint density at radius 2 is 1.95 bits per heavy atom.